The van der Waals surface area contributed by atoms with Gasteiger partial charge in [-0.05, 0) is 26.8 Å². The van der Waals surface area contributed by atoms with Gasteiger partial charge < -0.3 is 4.72 Å². The molecule has 7 heteroatoms. The molecule has 0 saturated carbocycles. The van der Waals surface area contributed by atoms with Crippen LogP contribution in [0.25, 0.3) is 0 Å². The van der Waals surface area contributed by atoms with Crippen LogP contribution in [0, 0.1) is 15.9 Å². The molecule has 0 aliphatic heterocycles. The molecule has 0 spiro atoms. The number of hydrogen-bond acceptors (Lipinski definition) is 3. The van der Waals surface area contributed by atoms with Crippen molar-refractivity contribution < 1.29 is 13.5 Å². The maximum atomic E-state index is 13.1. The topological polar surface area (TPSA) is 72.2 Å². The number of non-ortho nitro benzene ring substituents is 1. The first-order chi connectivity index (χ1) is 7.70. The summed E-state index contributed by atoms with van der Waals surface area (Å²) in [7, 11) is -1.46. The van der Waals surface area contributed by atoms with Crippen molar-refractivity contribution in [2.24, 2.45) is 0 Å². The van der Waals surface area contributed by atoms with E-state index in [1.54, 1.807) is 20.8 Å². The number of benzene rings is 1. The zero-order chi connectivity index (χ0) is 13.2. The number of nitro groups is 1. The third-order valence-electron chi connectivity index (χ3n) is 1.86. The normalized spacial score (nSPS) is 13.2. The van der Waals surface area contributed by atoms with Crippen LogP contribution in [-0.2, 0) is 11.0 Å². The first kappa shape index (κ1) is 13.6. The number of nitrogens with one attached hydrogen (secondary N) is 1. The Balaban J connectivity index is 3.00. The average molecular weight is 260 g/mol. The Labute approximate surface area is 101 Å². The van der Waals surface area contributed by atoms with Gasteiger partial charge in [0.15, 0.2) is 0 Å². The van der Waals surface area contributed by atoms with Gasteiger partial charge in [-0.2, -0.15) is 0 Å². The molecule has 0 heterocycles. The van der Waals surface area contributed by atoms with Gasteiger partial charge in [-0.15, -0.1) is 0 Å². The van der Waals surface area contributed by atoms with Crippen molar-refractivity contribution in [3.05, 3.63) is 34.1 Å². The number of anilines is 1. The molecule has 0 aliphatic rings. The van der Waals surface area contributed by atoms with E-state index in [0.29, 0.717) is 0 Å². The minimum absolute atomic E-state index is 0.130. The molecule has 0 fully saturated rings. The van der Waals surface area contributed by atoms with Crippen LogP contribution >= 0.6 is 0 Å². The minimum Gasteiger partial charge on any atom is -0.304 e. The SMILES string of the molecule is CC(C)(C)S(=O)Nc1cc(F)cc([N+](=O)[O-])c1. The minimum atomic E-state index is -1.46. The molecule has 94 valence electrons. The van der Waals surface area contributed by atoms with Crippen molar-refractivity contribution in [3.8, 4) is 0 Å². The van der Waals surface area contributed by atoms with Crippen molar-refractivity contribution in [2.45, 2.75) is 25.5 Å². The van der Waals surface area contributed by atoms with Crippen LogP contribution in [0.2, 0.25) is 0 Å². The molecule has 0 aliphatic carbocycles. The number of nitrogens with zero attached hydrogens (tertiary/aromatic N) is 1. The van der Waals surface area contributed by atoms with E-state index in [-0.39, 0.29) is 11.4 Å². The third kappa shape index (κ3) is 3.77. The van der Waals surface area contributed by atoms with Crippen LogP contribution in [0.5, 0.6) is 0 Å². The summed E-state index contributed by atoms with van der Waals surface area (Å²) in [5, 5.41) is 10.5. The molecule has 0 bridgehead atoms. The molecular weight excluding hydrogens is 247 g/mol. The van der Waals surface area contributed by atoms with Crippen LogP contribution in [0.3, 0.4) is 0 Å². The van der Waals surface area contributed by atoms with Gasteiger partial charge in [-0.25, -0.2) is 8.60 Å². The lowest BCUT2D eigenvalue weighted by atomic mass is 10.3. The molecule has 1 N–H and O–H groups in total. The molecule has 5 nitrogen and oxygen atoms in total. The Morgan fingerprint density at radius 3 is 2.41 bits per heavy atom. The predicted octanol–water partition coefficient (Wildman–Crippen LogP) is 2.61. The number of nitro benzene ring substituents is 1. The lowest BCUT2D eigenvalue weighted by Crippen LogP contribution is -2.27. The fourth-order valence-corrected chi connectivity index (χ4v) is 1.64. The zero-order valence-electron chi connectivity index (χ0n) is 9.69. The molecule has 1 aromatic carbocycles. The van der Waals surface area contributed by atoms with Gasteiger partial charge >= 0.3 is 0 Å². The average Bonchev–Trinajstić information content (AvgIpc) is 2.14. The molecule has 0 aromatic heterocycles. The first-order valence-corrected chi connectivity index (χ1v) is 5.98. The largest absolute Gasteiger partial charge is 0.304 e. The van der Waals surface area contributed by atoms with E-state index >= 15 is 0 Å². The first-order valence-electron chi connectivity index (χ1n) is 4.83. The number of halogens is 1. The van der Waals surface area contributed by atoms with Gasteiger partial charge in [-0.1, -0.05) is 0 Å². The molecule has 0 amide bonds. The van der Waals surface area contributed by atoms with E-state index in [1.807, 2.05) is 0 Å². The molecule has 0 saturated heterocycles. The summed E-state index contributed by atoms with van der Waals surface area (Å²) in [6.45, 7) is 5.22. The van der Waals surface area contributed by atoms with E-state index in [2.05, 4.69) is 4.72 Å². The smallest absolute Gasteiger partial charge is 0.274 e. The Hall–Kier alpha value is -1.50. The number of rotatable bonds is 3. The summed E-state index contributed by atoms with van der Waals surface area (Å²) < 4.78 is 26.8. The fraction of sp³-hybridized carbons (Fsp3) is 0.400. The van der Waals surface area contributed by atoms with Crippen LogP contribution in [0.15, 0.2) is 18.2 Å². The number of hydrogen-bond donors (Lipinski definition) is 1. The quantitative estimate of drug-likeness (QED) is 0.670. The molecule has 1 unspecified atom stereocenters. The molecule has 1 aromatic rings. The van der Waals surface area contributed by atoms with Crippen LogP contribution in [0.4, 0.5) is 15.8 Å². The molecule has 1 atom stereocenters. The zero-order valence-corrected chi connectivity index (χ0v) is 10.5. The van der Waals surface area contributed by atoms with E-state index in [4.69, 9.17) is 0 Å². The summed E-state index contributed by atoms with van der Waals surface area (Å²) in [5.74, 6) is -0.743. The van der Waals surface area contributed by atoms with Gasteiger partial charge in [0.2, 0.25) is 0 Å². The highest BCUT2D eigenvalue weighted by Gasteiger charge is 2.20. The van der Waals surface area contributed by atoms with E-state index in [1.165, 1.54) is 0 Å². The van der Waals surface area contributed by atoms with Gasteiger partial charge in [0.25, 0.3) is 5.69 Å². The Morgan fingerprint density at radius 1 is 1.35 bits per heavy atom. The summed E-state index contributed by atoms with van der Waals surface area (Å²) in [6, 6.07) is 3.02. The Bertz CT molecular complexity index is 471. The van der Waals surface area contributed by atoms with Crippen molar-refractivity contribution in [1.82, 2.24) is 0 Å². The second kappa shape index (κ2) is 4.79. The van der Waals surface area contributed by atoms with Gasteiger partial charge in [0, 0.05) is 6.07 Å². The van der Waals surface area contributed by atoms with Crippen LogP contribution < -0.4 is 4.72 Å². The Kier molecular flexibility index (Phi) is 3.82. The monoisotopic (exact) mass is 260 g/mol. The summed E-state index contributed by atoms with van der Waals surface area (Å²) >= 11 is 0. The van der Waals surface area contributed by atoms with Gasteiger partial charge in [0.1, 0.15) is 16.8 Å². The summed E-state index contributed by atoms with van der Waals surface area (Å²) in [5.41, 5.74) is -0.247. The van der Waals surface area contributed by atoms with Crippen molar-refractivity contribution in [3.63, 3.8) is 0 Å². The van der Waals surface area contributed by atoms with Crippen LogP contribution in [-0.4, -0.2) is 13.9 Å². The van der Waals surface area contributed by atoms with E-state index < -0.39 is 26.5 Å². The van der Waals surface area contributed by atoms with Crippen molar-refractivity contribution >= 4 is 22.4 Å². The highest BCUT2D eigenvalue weighted by Crippen LogP contribution is 2.22. The lowest BCUT2D eigenvalue weighted by molar-refractivity contribution is -0.385. The second-order valence-electron chi connectivity index (χ2n) is 4.44. The molecule has 1 rings (SSSR count). The summed E-state index contributed by atoms with van der Waals surface area (Å²) in [4.78, 5) is 9.82. The third-order valence-corrected chi connectivity index (χ3v) is 3.39. The van der Waals surface area contributed by atoms with Gasteiger partial charge in [-0.3, -0.25) is 10.1 Å². The lowest BCUT2D eigenvalue weighted by Gasteiger charge is -2.18. The maximum absolute atomic E-state index is 13.1. The maximum Gasteiger partial charge on any atom is 0.274 e. The van der Waals surface area contributed by atoms with Crippen molar-refractivity contribution in [1.29, 1.82) is 0 Å². The van der Waals surface area contributed by atoms with E-state index in [9.17, 15) is 18.7 Å². The standard InChI is InChI=1S/C10H13FN2O3S/c1-10(2,3)17(16)12-8-4-7(11)5-9(6-8)13(14)15/h4-6,12H,1-3H3. The Morgan fingerprint density at radius 2 is 1.94 bits per heavy atom. The second-order valence-corrected chi connectivity index (χ2v) is 6.40. The van der Waals surface area contributed by atoms with E-state index in [0.717, 1.165) is 18.2 Å². The van der Waals surface area contributed by atoms with Crippen LogP contribution in [0.1, 0.15) is 20.8 Å². The molecular formula is C10H13FN2O3S. The highest BCUT2D eigenvalue weighted by molar-refractivity contribution is 7.87. The highest BCUT2D eigenvalue weighted by atomic mass is 32.2. The molecule has 0 radical (unpaired) electrons. The van der Waals surface area contributed by atoms with Crippen molar-refractivity contribution in [2.75, 3.05) is 4.72 Å². The fourth-order valence-electron chi connectivity index (χ4n) is 0.999. The predicted molar refractivity (Wildman–Crippen MR) is 64.6 cm³/mol. The van der Waals surface area contributed by atoms with Gasteiger partial charge in [0.05, 0.1) is 21.4 Å². The summed E-state index contributed by atoms with van der Waals surface area (Å²) in [6.07, 6.45) is 0. The molecule has 17 heavy (non-hydrogen) atoms.